The van der Waals surface area contributed by atoms with Crippen molar-refractivity contribution in [2.24, 2.45) is 0 Å². The highest BCUT2D eigenvalue weighted by atomic mass is 16.5. The number of hydrogen-bond donors (Lipinski definition) is 1. The van der Waals surface area contributed by atoms with Crippen LogP contribution >= 0.6 is 0 Å². The summed E-state index contributed by atoms with van der Waals surface area (Å²) < 4.78 is 11.1. The molecule has 5 rings (SSSR count). The van der Waals surface area contributed by atoms with Crippen molar-refractivity contribution in [3.8, 4) is 5.75 Å². The molecule has 5 heteroatoms. The van der Waals surface area contributed by atoms with Gasteiger partial charge in [0.1, 0.15) is 12.4 Å². The first-order valence-corrected chi connectivity index (χ1v) is 13.2. The van der Waals surface area contributed by atoms with Gasteiger partial charge in [0.25, 0.3) is 0 Å². The lowest BCUT2D eigenvalue weighted by molar-refractivity contribution is -0.140. The van der Waals surface area contributed by atoms with Gasteiger partial charge >= 0.3 is 5.97 Å². The van der Waals surface area contributed by atoms with E-state index in [1.165, 1.54) is 5.56 Å². The first-order chi connectivity index (χ1) is 18.5. The lowest BCUT2D eigenvalue weighted by Gasteiger charge is -2.36. The number of allylic oxidation sites excluding steroid dienone is 3. The minimum Gasteiger partial charge on any atom is -0.497 e. The Labute approximate surface area is 224 Å². The fraction of sp³-hybridized carbons (Fsp3) is 0.273. The number of ether oxygens (including phenoxy) is 2. The van der Waals surface area contributed by atoms with Crippen LogP contribution in [0.15, 0.2) is 101 Å². The number of rotatable bonds is 7. The molecule has 1 aliphatic heterocycles. The molecule has 0 radical (unpaired) electrons. The van der Waals surface area contributed by atoms with Crippen molar-refractivity contribution in [2.75, 3.05) is 7.11 Å². The second-order valence-corrected chi connectivity index (χ2v) is 9.95. The van der Waals surface area contributed by atoms with E-state index in [0.29, 0.717) is 24.0 Å². The van der Waals surface area contributed by atoms with Gasteiger partial charge in [-0.05, 0) is 60.1 Å². The molecule has 3 aromatic carbocycles. The topological polar surface area (TPSA) is 64.6 Å². The van der Waals surface area contributed by atoms with Crippen molar-refractivity contribution >= 4 is 11.8 Å². The van der Waals surface area contributed by atoms with Crippen LogP contribution in [0.2, 0.25) is 0 Å². The van der Waals surface area contributed by atoms with Crippen LogP contribution in [-0.4, -0.2) is 18.9 Å². The molecule has 0 saturated carbocycles. The molecule has 38 heavy (non-hydrogen) atoms. The van der Waals surface area contributed by atoms with E-state index in [9.17, 15) is 9.59 Å². The predicted molar refractivity (Wildman–Crippen MR) is 148 cm³/mol. The van der Waals surface area contributed by atoms with Crippen LogP contribution < -0.4 is 10.1 Å². The summed E-state index contributed by atoms with van der Waals surface area (Å²) >= 11 is 0. The van der Waals surface area contributed by atoms with Crippen LogP contribution in [0, 0.1) is 0 Å². The Balaban J connectivity index is 1.50. The molecule has 0 saturated heterocycles. The Hall–Kier alpha value is -4.12. The minimum absolute atomic E-state index is 0.0576. The van der Waals surface area contributed by atoms with Crippen molar-refractivity contribution in [1.82, 2.24) is 5.32 Å². The van der Waals surface area contributed by atoms with Gasteiger partial charge in [-0.1, -0.05) is 73.7 Å². The van der Waals surface area contributed by atoms with Crippen molar-refractivity contribution in [3.63, 3.8) is 0 Å². The zero-order valence-corrected chi connectivity index (χ0v) is 22.1. The molecule has 0 unspecified atom stereocenters. The Morgan fingerprint density at radius 1 is 0.895 bits per heavy atom. The van der Waals surface area contributed by atoms with Crippen LogP contribution in [0.5, 0.6) is 5.75 Å². The molecule has 3 aromatic rings. The number of esters is 1. The molecule has 2 atom stereocenters. The predicted octanol–water partition coefficient (Wildman–Crippen LogP) is 6.36. The van der Waals surface area contributed by atoms with Crippen LogP contribution in [0.4, 0.5) is 0 Å². The number of Topliss-reactive ketones (excluding diaryl/α,β-unsaturated/α-hetero) is 1. The Bertz CT molecular complexity index is 1390. The SMILES string of the molecule is CCc1ccc([C@@H]2C(C(=O)OCc3ccccc3)=C(C)NC3=C2C(=O)C[C@@H](c2ccc(OC)cc2)C3)cc1. The molecule has 5 nitrogen and oxygen atoms in total. The van der Waals surface area contributed by atoms with Gasteiger partial charge in [0.2, 0.25) is 0 Å². The maximum absolute atomic E-state index is 13.8. The normalized spacial score (nSPS) is 19.1. The van der Waals surface area contributed by atoms with E-state index in [1.54, 1.807) is 7.11 Å². The van der Waals surface area contributed by atoms with Gasteiger partial charge in [-0.15, -0.1) is 0 Å². The number of carbonyl (C=O) groups excluding carboxylic acids is 2. The van der Waals surface area contributed by atoms with E-state index < -0.39 is 11.9 Å². The second kappa shape index (κ2) is 11.1. The van der Waals surface area contributed by atoms with Crippen molar-refractivity contribution in [2.45, 2.75) is 51.6 Å². The molecule has 1 aliphatic carbocycles. The first-order valence-electron chi connectivity index (χ1n) is 13.2. The van der Waals surface area contributed by atoms with Crippen LogP contribution in [0.3, 0.4) is 0 Å². The molecule has 0 amide bonds. The van der Waals surface area contributed by atoms with Gasteiger partial charge < -0.3 is 14.8 Å². The van der Waals surface area contributed by atoms with Crippen molar-refractivity contribution in [3.05, 3.63) is 124 Å². The van der Waals surface area contributed by atoms with Crippen LogP contribution in [-0.2, 0) is 27.4 Å². The zero-order valence-electron chi connectivity index (χ0n) is 22.1. The highest BCUT2D eigenvalue weighted by molar-refractivity contribution is 6.04. The first kappa shape index (κ1) is 25.5. The summed E-state index contributed by atoms with van der Waals surface area (Å²) in [5, 5.41) is 3.44. The summed E-state index contributed by atoms with van der Waals surface area (Å²) in [5.74, 6) is 0.0385. The third-order valence-electron chi connectivity index (χ3n) is 7.57. The van der Waals surface area contributed by atoms with Gasteiger partial charge in [-0.3, -0.25) is 4.79 Å². The number of aryl methyl sites for hydroxylation is 1. The van der Waals surface area contributed by atoms with Crippen LogP contribution in [0.1, 0.15) is 60.8 Å². The Kier molecular flexibility index (Phi) is 7.45. The van der Waals surface area contributed by atoms with E-state index in [4.69, 9.17) is 9.47 Å². The molecule has 0 aromatic heterocycles. The smallest absolute Gasteiger partial charge is 0.337 e. The molecule has 0 bridgehead atoms. The molecule has 194 valence electrons. The lowest BCUT2D eigenvalue weighted by atomic mass is 9.71. The third-order valence-corrected chi connectivity index (χ3v) is 7.57. The lowest BCUT2D eigenvalue weighted by Crippen LogP contribution is -2.36. The van der Waals surface area contributed by atoms with E-state index in [-0.39, 0.29) is 18.3 Å². The van der Waals surface area contributed by atoms with E-state index >= 15 is 0 Å². The molecule has 0 spiro atoms. The molecular formula is C33H33NO4. The van der Waals surface area contributed by atoms with E-state index in [2.05, 4.69) is 24.4 Å². The maximum Gasteiger partial charge on any atom is 0.337 e. The number of ketones is 1. The molecule has 1 N–H and O–H groups in total. The minimum atomic E-state index is -0.468. The Morgan fingerprint density at radius 2 is 1.58 bits per heavy atom. The fourth-order valence-electron chi connectivity index (χ4n) is 5.50. The van der Waals surface area contributed by atoms with Gasteiger partial charge in [0.05, 0.1) is 12.7 Å². The molecular weight excluding hydrogens is 474 g/mol. The summed E-state index contributed by atoms with van der Waals surface area (Å²) in [4.78, 5) is 27.3. The summed E-state index contributed by atoms with van der Waals surface area (Å²) in [5.41, 5.74) is 6.96. The molecule has 2 aliphatic rings. The number of methoxy groups -OCH3 is 1. The highest BCUT2D eigenvalue weighted by Gasteiger charge is 2.41. The van der Waals surface area contributed by atoms with Crippen molar-refractivity contribution < 1.29 is 19.1 Å². The van der Waals surface area contributed by atoms with E-state index in [0.717, 1.165) is 40.3 Å². The standard InChI is InChI=1S/C33H33NO4/c1-4-22-10-12-25(13-11-22)31-30(33(36)38-20-23-8-6-5-7-9-23)21(2)34-28-18-26(19-29(35)32(28)31)24-14-16-27(37-3)17-15-24/h5-17,26,31,34H,4,18-20H2,1-3H3/t26-,31+/m0/s1. The van der Waals surface area contributed by atoms with Gasteiger partial charge in [-0.2, -0.15) is 0 Å². The van der Waals surface area contributed by atoms with Gasteiger partial charge in [0, 0.05) is 29.3 Å². The fourth-order valence-corrected chi connectivity index (χ4v) is 5.50. The maximum atomic E-state index is 13.8. The number of benzene rings is 3. The summed E-state index contributed by atoms with van der Waals surface area (Å²) in [6.45, 7) is 4.19. The largest absolute Gasteiger partial charge is 0.497 e. The van der Waals surface area contributed by atoms with Gasteiger partial charge in [0.15, 0.2) is 5.78 Å². The highest BCUT2D eigenvalue weighted by Crippen LogP contribution is 2.46. The van der Waals surface area contributed by atoms with Crippen LogP contribution in [0.25, 0.3) is 0 Å². The average Bonchev–Trinajstić information content (AvgIpc) is 2.95. The average molecular weight is 508 g/mol. The molecule has 1 heterocycles. The van der Waals surface area contributed by atoms with E-state index in [1.807, 2.05) is 73.7 Å². The quantitative estimate of drug-likeness (QED) is 0.377. The third kappa shape index (κ3) is 5.14. The zero-order chi connectivity index (χ0) is 26.6. The number of hydrogen-bond acceptors (Lipinski definition) is 5. The van der Waals surface area contributed by atoms with Crippen molar-refractivity contribution in [1.29, 1.82) is 0 Å². The number of dihydropyridines is 1. The monoisotopic (exact) mass is 507 g/mol. The summed E-state index contributed by atoms with van der Waals surface area (Å²) in [7, 11) is 1.65. The number of carbonyl (C=O) groups is 2. The molecule has 0 fully saturated rings. The van der Waals surface area contributed by atoms with Gasteiger partial charge in [-0.25, -0.2) is 4.79 Å². The summed E-state index contributed by atoms with van der Waals surface area (Å²) in [6, 6.07) is 25.8. The number of nitrogens with one attached hydrogen (secondary N) is 1. The summed E-state index contributed by atoms with van der Waals surface area (Å²) in [6.07, 6.45) is 2.01. The Morgan fingerprint density at radius 3 is 2.24 bits per heavy atom. The second-order valence-electron chi connectivity index (χ2n) is 9.95.